The number of carbonyl (C=O) groups excluding carboxylic acids is 1. The van der Waals surface area contributed by atoms with Gasteiger partial charge in [-0.2, -0.15) is 0 Å². The molecule has 1 amide bonds. The summed E-state index contributed by atoms with van der Waals surface area (Å²) in [7, 11) is 0. The largest absolute Gasteiger partial charge is 0.397 e. The van der Waals surface area contributed by atoms with E-state index in [1.54, 1.807) is 0 Å². The van der Waals surface area contributed by atoms with Gasteiger partial charge in [0, 0.05) is 28.2 Å². The van der Waals surface area contributed by atoms with Crippen molar-refractivity contribution < 1.29 is 4.79 Å². The zero-order valence-electron chi connectivity index (χ0n) is 11.4. The Morgan fingerprint density at radius 2 is 2.25 bits per heavy atom. The third-order valence-corrected chi connectivity index (χ3v) is 5.12. The number of hydrogen-bond donors (Lipinski definition) is 1. The van der Waals surface area contributed by atoms with E-state index in [-0.39, 0.29) is 5.91 Å². The highest BCUT2D eigenvalue weighted by atomic mass is 35.5. The molecule has 1 heterocycles. The molecule has 0 bridgehead atoms. The molecular weight excluding hydrogens is 292 g/mol. The predicted molar refractivity (Wildman–Crippen MR) is 85.5 cm³/mol. The summed E-state index contributed by atoms with van der Waals surface area (Å²) in [5.74, 6) is 0.734. The maximum absolute atomic E-state index is 12.6. The minimum Gasteiger partial charge on any atom is -0.397 e. The molecule has 5 heteroatoms. The van der Waals surface area contributed by atoms with Crippen molar-refractivity contribution in [3.05, 3.63) is 28.1 Å². The summed E-state index contributed by atoms with van der Waals surface area (Å²) in [5, 5.41) is 1.59. The molecule has 20 heavy (non-hydrogen) atoms. The van der Waals surface area contributed by atoms with Gasteiger partial charge in [0.25, 0.3) is 5.91 Å². The van der Waals surface area contributed by atoms with Gasteiger partial charge in [0.1, 0.15) is 4.88 Å². The first-order chi connectivity index (χ1) is 9.60. The highest BCUT2D eigenvalue weighted by molar-refractivity contribution is 7.21. The molecule has 1 aliphatic rings. The van der Waals surface area contributed by atoms with Crippen LogP contribution in [0.15, 0.2) is 18.2 Å². The van der Waals surface area contributed by atoms with Gasteiger partial charge in [-0.1, -0.05) is 11.6 Å². The SMILES string of the molecule is CCN(CC1CC1)C(=O)c1sc2cc(Cl)ccc2c1N. The number of anilines is 1. The van der Waals surface area contributed by atoms with E-state index in [1.165, 1.54) is 24.2 Å². The van der Waals surface area contributed by atoms with Gasteiger partial charge >= 0.3 is 0 Å². The van der Waals surface area contributed by atoms with Crippen molar-refractivity contribution in [2.24, 2.45) is 5.92 Å². The molecule has 0 atom stereocenters. The van der Waals surface area contributed by atoms with E-state index < -0.39 is 0 Å². The topological polar surface area (TPSA) is 46.3 Å². The van der Waals surface area contributed by atoms with E-state index in [1.807, 2.05) is 30.0 Å². The standard InChI is InChI=1S/C15H17ClN2OS/c1-2-18(8-9-3-4-9)15(19)14-13(17)11-6-5-10(16)7-12(11)20-14/h5-7,9H,2-4,8,17H2,1H3. The minimum atomic E-state index is 0.0502. The molecule has 0 spiro atoms. The second-order valence-corrected chi connectivity index (χ2v) is 6.76. The van der Waals surface area contributed by atoms with Crippen molar-refractivity contribution in [1.82, 2.24) is 4.90 Å². The number of benzene rings is 1. The Kier molecular flexibility index (Phi) is 3.61. The molecule has 1 fully saturated rings. The number of thiophene rings is 1. The molecule has 2 N–H and O–H groups in total. The molecule has 0 aliphatic heterocycles. The van der Waals surface area contributed by atoms with Crippen LogP contribution in [0.2, 0.25) is 5.02 Å². The lowest BCUT2D eigenvalue weighted by Gasteiger charge is -2.20. The van der Waals surface area contributed by atoms with Crippen LogP contribution in [0.3, 0.4) is 0 Å². The number of nitrogens with two attached hydrogens (primary N) is 1. The zero-order chi connectivity index (χ0) is 14.3. The summed E-state index contributed by atoms with van der Waals surface area (Å²) in [5.41, 5.74) is 6.73. The molecule has 0 saturated heterocycles. The maximum Gasteiger partial charge on any atom is 0.266 e. The fourth-order valence-corrected chi connectivity index (χ4v) is 3.73. The van der Waals surface area contributed by atoms with Crippen molar-refractivity contribution in [2.45, 2.75) is 19.8 Å². The van der Waals surface area contributed by atoms with Gasteiger partial charge in [-0.05, 0) is 43.9 Å². The highest BCUT2D eigenvalue weighted by Gasteiger charge is 2.28. The normalized spacial score (nSPS) is 14.7. The van der Waals surface area contributed by atoms with Crippen LogP contribution in [0.5, 0.6) is 0 Å². The van der Waals surface area contributed by atoms with E-state index in [0.717, 1.165) is 23.2 Å². The Morgan fingerprint density at radius 3 is 2.90 bits per heavy atom. The van der Waals surface area contributed by atoms with Gasteiger partial charge in [0.15, 0.2) is 0 Å². The summed E-state index contributed by atoms with van der Waals surface area (Å²) in [4.78, 5) is 15.2. The minimum absolute atomic E-state index is 0.0502. The third kappa shape index (κ3) is 2.50. The fraction of sp³-hybridized carbons (Fsp3) is 0.400. The molecule has 0 radical (unpaired) electrons. The highest BCUT2D eigenvalue weighted by Crippen LogP contribution is 2.37. The van der Waals surface area contributed by atoms with Gasteiger partial charge in [0.2, 0.25) is 0 Å². The number of halogens is 1. The van der Waals surface area contributed by atoms with Gasteiger partial charge in [0.05, 0.1) is 5.69 Å². The molecular formula is C15H17ClN2OS. The lowest BCUT2D eigenvalue weighted by atomic mass is 10.2. The summed E-state index contributed by atoms with van der Waals surface area (Å²) in [6.45, 7) is 3.59. The molecule has 1 aromatic heterocycles. The number of amides is 1. The second kappa shape index (κ2) is 5.26. The van der Waals surface area contributed by atoms with Gasteiger partial charge in [-0.3, -0.25) is 4.79 Å². The monoisotopic (exact) mass is 308 g/mol. The van der Waals surface area contributed by atoms with Crippen LogP contribution in [0, 0.1) is 5.92 Å². The summed E-state index contributed by atoms with van der Waals surface area (Å²) >= 11 is 7.43. The van der Waals surface area contributed by atoms with Gasteiger partial charge < -0.3 is 10.6 Å². The van der Waals surface area contributed by atoms with Crippen LogP contribution in [0.4, 0.5) is 5.69 Å². The predicted octanol–water partition coefficient (Wildman–Crippen LogP) is 4.01. The van der Waals surface area contributed by atoms with Crippen LogP contribution in [-0.4, -0.2) is 23.9 Å². The number of fused-ring (bicyclic) bond motifs is 1. The summed E-state index contributed by atoms with van der Waals surface area (Å²) in [6, 6.07) is 5.56. The fourth-order valence-electron chi connectivity index (χ4n) is 2.36. The first-order valence-corrected chi connectivity index (χ1v) is 8.06. The van der Waals surface area contributed by atoms with Crippen LogP contribution in [0.25, 0.3) is 10.1 Å². The third-order valence-electron chi connectivity index (χ3n) is 3.73. The maximum atomic E-state index is 12.6. The summed E-state index contributed by atoms with van der Waals surface area (Å²) < 4.78 is 0.973. The number of nitrogen functional groups attached to an aromatic ring is 1. The molecule has 1 saturated carbocycles. The average molecular weight is 309 g/mol. The smallest absolute Gasteiger partial charge is 0.266 e. The Morgan fingerprint density at radius 1 is 1.50 bits per heavy atom. The zero-order valence-corrected chi connectivity index (χ0v) is 12.9. The Balaban J connectivity index is 1.95. The molecule has 2 aromatic rings. The van der Waals surface area contributed by atoms with E-state index in [2.05, 4.69) is 0 Å². The van der Waals surface area contributed by atoms with Gasteiger partial charge in [-0.25, -0.2) is 0 Å². The first-order valence-electron chi connectivity index (χ1n) is 6.87. The van der Waals surface area contributed by atoms with Crippen LogP contribution < -0.4 is 5.73 Å². The Bertz CT molecular complexity index is 663. The first kappa shape index (κ1) is 13.7. The van der Waals surface area contributed by atoms with Crippen molar-refractivity contribution in [3.8, 4) is 0 Å². The van der Waals surface area contributed by atoms with Crippen molar-refractivity contribution >= 4 is 44.6 Å². The number of hydrogen-bond acceptors (Lipinski definition) is 3. The lowest BCUT2D eigenvalue weighted by molar-refractivity contribution is 0.0763. The lowest BCUT2D eigenvalue weighted by Crippen LogP contribution is -2.32. The molecule has 0 unspecified atom stereocenters. The number of carbonyl (C=O) groups is 1. The molecule has 106 valence electrons. The van der Waals surface area contributed by atoms with Crippen molar-refractivity contribution in [3.63, 3.8) is 0 Å². The van der Waals surface area contributed by atoms with E-state index >= 15 is 0 Å². The van der Waals surface area contributed by atoms with Gasteiger partial charge in [-0.15, -0.1) is 11.3 Å². The number of rotatable bonds is 4. The van der Waals surface area contributed by atoms with E-state index in [9.17, 15) is 4.79 Å². The molecule has 1 aromatic carbocycles. The summed E-state index contributed by atoms with van der Waals surface area (Å²) in [6.07, 6.45) is 2.47. The van der Waals surface area contributed by atoms with Crippen LogP contribution >= 0.6 is 22.9 Å². The average Bonchev–Trinajstić information content (AvgIpc) is 3.19. The molecule has 3 nitrogen and oxygen atoms in total. The second-order valence-electron chi connectivity index (χ2n) is 5.27. The quantitative estimate of drug-likeness (QED) is 0.927. The molecule has 3 rings (SSSR count). The van der Waals surface area contributed by atoms with Crippen molar-refractivity contribution in [1.29, 1.82) is 0 Å². The van der Waals surface area contributed by atoms with E-state index in [0.29, 0.717) is 21.5 Å². The molecule has 1 aliphatic carbocycles. The number of nitrogens with zero attached hydrogens (tertiary/aromatic N) is 1. The Hall–Kier alpha value is -1.26. The van der Waals surface area contributed by atoms with Crippen molar-refractivity contribution in [2.75, 3.05) is 18.8 Å². The van der Waals surface area contributed by atoms with Crippen LogP contribution in [0.1, 0.15) is 29.4 Å². The van der Waals surface area contributed by atoms with E-state index in [4.69, 9.17) is 17.3 Å². The van der Waals surface area contributed by atoms with Crippen LogP contribution in [-0.2, 0) is 0 Å². The Labute approximate surface area is 127 Å².